The van der Waals surface area contributed by atoms with Crippen LogP contribution >= 0.6 is 0 Å². The number of hydrogen-bond acceptors (Lipinski definition) is 2. The molecule has 21 heavy (non-hydrogen) atoms. The fraction of sp³-hybridized carbons (Fsp3) is 0.529. The lowest BCUT2D eigenvalue weighted by Crippen LogP contribution is -2.59. The van der Waals surface area contributed by atoms with Crippen LogP contribution in [0, 0.1) is 6.92 Å². The molecule has 0 aromatic heterocycles. The van der Waals surface area contributed by atoms with Crippen LogP contribution in [0.15, 0.2) is 24.3 Å². The highest BCUT2D eigenvalue weighted by Crippen LogP contribution is 2.44. The molecule has 4 nitrogen and oxygen atoms in total. The van der Waals surface area contributed by atoms with E-state index in [4.69, 9.17) is 0 Å². The molecule has 1 aromatic carbocycles. The Hall–Kier alpha value is -1.84. The molecular weight excluding hydrogens is 266 g/mol. The number of carboxylic acids is 1. The summed E-state index contributed by atoms with van der Waals surface area (Å²) in [5, 5.41) is 12.1. The highest BCUT2D eigenvalue weighted by atomic mass is 16.4. The van der Waals surface area contributed by atoms with Crippen LogP contribution in [0.5, 0.6) is 0 Å². The lowest BCUT2D eigenvalue weighted by molar-refractivity contribution is -0.148. The standard InChI is InChI=1S/C17H23NO3/c1-4-16(3,15(20)21)18-14(19)17(9-6-10-17)13-8-5-7-12(2)11-13/h5,7-8,11H,4,6,9-10H2,1-3H3,(H,18,19)(H,20,21). The van der Waals surface area contributed by atoms with Gasteiger partial charge in [0, 0.05) is 0 Å². The summed E-state index contributed by atoms with van der Waals surface area (Å²) in [6, 6.07) is 7.95. The van der Waals surface area contributed by atoms with E-state index >= 15 is 0 Å². The van der Waals surface area contributed by atoms with E-state index in [-0.39, 0.29) is 5.91 Å². The molecule has 1 aliphatic carbocycles. The minimum Gasteiger partial charge on any atom is -0.480 e. The Morgan fingerprint density at radius 1 is 1.38 bits per heavy atom. The fourth-order valence-electron chi connectivity index (χ4n) is 2.78. The van der Waals surface area contributed by atoms with Gasteiger partial charge in [0.25, 0.3) is 0 Å². The van der Waals surface area contributed by atoms with Gasteiger partial charge in [0.15, 0.2) is 0 Å². The lowest BCUT2D eigenvalue weighted by Gasteiger charge is -2.42. The second kappa shape index (κ2) is 5.51. The summed E-state index contributed by atoms with van der Waals surface area (Å²) >= 11 is 0. The molecule has 1 amide bonds. The largest absolute Gasteiger partial charge is 0.480 e. The number of aryl methyl sites for hydroxylation is 1. The highest BCUT2D eigenvalue weighted by molar-refractivity contribution is 5.93. The Morgan fingerprint density at radius 2 is 2.05 bits per heavy atom. The molecule has 4 heteroatoms. The molecule has 2 rings (SSSR count). The summed E-state index contributed by atoms with van der Waals surface area (Å²) < 4.78 is 0. The maximum atomic E-state index is 12.8. The average Bonchev–Trinajstić information content (AvgIpc) is 2.37. The number of amides is 1. The van der Waals surface area contributed by atoms with Crippen molar-refractivity contribution < 1.29 is 14.7 Å². The number of rotatable bonds is 5. The Labute approximate surface area is 125 Å². The Bertz CT molecular complexity index is 563. The van der Waals surface area contributed by atoms with E-state index in [1.165, 1.54) is 0 Å². The van der Waals surface area contributed by atoms with E-state index in [0.717, 1.165) is 30.4 Å². The third kappa shape index (κ3) is 2.67. The molecule has 114 valence electrons. The van der Waals surface area contributed by atoms with Gasteiger partial charge in [-0.15, -0.1) is 0 Å². The second-order valence-electron chi connectivity index (χ2n) is 6.25. The summed E-state index contributed by atoms with van der Waals surface area (Å²) in [6.07, 6.45) is 2.92. The van der Waals surface area contributed by atoms with Gasteiger partial charge in [-0.3, -0.25) is 4.79 Å². The summed E-state index contributed by atoms with van der Waals surface area (Å²) in [4.78, 5) is 24.2. The molecule has 1 atom stereocenters. The van der Waals surface area contributed by atoms with E-state index in [9.17, 15) is 14.7 Å². The Kier molecular flexibility index (Phi) is 4.08. The lowest BCUT2D eigenvalue weighted by atomic mass is 9.63. The molecule has 0 aliphatic heterocycles. The van der Waals surface area contributed by atoms with Crippen LogP contribution in [0.25, 0.3) is 0 Å². The van der Waals surface area contributed by atoms with Crippen LogP contribution in [-0.4, -0.2) is 22.5 Å². The molecule has 0 radical (unpaired) electrons. The first-order chi connectivity index (χ1) is 9.84. The maximum Gasteiger partial charge on any atom is 0.329 e. The van der Waals surface area contributed by atoms with Crippen molar-refractivity contribution in [2.24, 2.45) is 0 Å². The van der Waals surface area contributed by atoms with E-state index in [2.05, 4.69) is 5.32 Å². The molecule has 1 fully saturated rings. The van der Waals surface area contributed by atoms with E-state index in [1.54, 1.807) is 13.8 Å². The van der Waals surface area contributed by atoms with Crippen molar-refractivity contribution in [2.75, 3.05) is 0 Å². The van der Waals surface area contributed by atoms with Gasteiger partial charge in [-0.2, -0.15) is 0 Å². The minimum atomic E-state index is -1.20. The van der Waals surface area contributed by atoms with Crippen molar-refractivity contribution in [1.82, 2.24) is 5.32 Å². The van der Waals surface area contributed by atoms with Crippen molar-refractivity contribution in [3.05, 3.63) is 35.4 Å². The van der Waals surface area contributed by atoms with Gasteiger partial charge in [0.1, 0.15) is 5.54 Å². The van der Waals surface area contributed by atoms with E-state index in [0.29, 0.717) is 6.42 Å². The van der Waals surface area contributed by atoms with Crippen LogP contribution in [0.1, 0.15) is 50.7 Å². The summed E-state index contributed by atoms with van der Waals surface area (Å²) in [5.41, 5.74) is 0.347. The molecule has 2 N–H and O–H groups in total. The second-order valence-corrected chi connectivity index (χ2v) is 6.25. The number of carbonyl (C=O) groups excluding carboxylic acids is 1. The number of benzene rings is 1. The summed E-state index contributed by atoms with van der Waals surface area (Å²) in [6.45, 7) is 5.34. The molecule has 0 heterocycles. The van der Waals surface area contributed by atoms with Crippen molar-refractivity contribution in [3.63, 3.8) is 0 Å². The first kappa shape index (κ1) is 15.5. The van der Waals surface area contributed by atoms with Gasteiger partial charge in [-0.25, -0.2) is 4.79 Å². The zero-order chi connectivity index (χ0) is 15.7. The number of nitrogens with one attached hydrogen (secondary N) is 1. The topological polar surface area (TPSA) is 66.4 Å². The van der Waals surface area contributed by atoms with Gasteiger partial charge in [-0.05, 0) is 38.7 Å². The van der Waals surface area contributed by atoms with Gasteiger partial charge < -0.3 is 10.4 Å². The summed E-state index contributed by atoms with van der Waals surface area (Å²) in [5.74, 6) is -1.15. The molecule has 0 saturated heterocycles. The van der Waals surface area contributed by atoms with Crippen LogP contribution < -0.4 is 5.32 Å². The average molecular weight is 289 g/mol. The number of aliphatic carboxylic acids is 1. The zero-order valence-electron chi connectivity index (χ0n) is 12.9. The van der Waals surface area contributed by atoms with Gasteiger partial charge in [-0.1, -0.05) is 43.2 Å². The van der Waals surface area contributed by atoms with Crippen LogP contribution in [0.3, 0.4) is 0 Å². The molecule has 1 unspecified atom stereocenters. The first-order valence-corrected chi connectivity index (χ1v) is 7.47. The number of carboxylic acid groups (broad SMARTS) is 1. The smallest absolute Gasteiger partial charge is 0.329 e. The summed E-state index contributed by atoms with van der Waals surface area (Å²) in [7, 11) is 0. The normalized spacial score (nSPS) is 19.2. The van der Waals surface area contributed by atoms with Crippen LogP contribution in [-0.2, 0) is 15.0 Å². The predicted molar refractivity (Wildman–Crippen MR) is 81.2 cm³/mol. The maximum absolute atomic E-state index is 12.8. The quantitative estimate of drug-likeness (QED) is 0.876. The van der Waals surface area contributed by atoms with Crippen molar-refractivity contribution in [3.8, 4) is 0 Å². The number of hydrogen-bond donors (Lipinski definition) is 2. The third-order valence-electron chi connectivity index (χ3n) is 4.78. The van der Waals surface area contributed by atoms with Gasteiger partial charge >= 0.3 is 5.97 Å². The Morgan fingerprint density at radius 3 is 2.48 bits per heavy atom. The molecule has 0 spiro atoms. The van der Waals surface area contributed by atoms with Gasteiger partial charge in [0.2, 0.25) is 5.91 Å². The fourth-order valence-corrected chi connectivity index (χ4v) is 2.78. The van der Waals surface area contributed by atoms with Crippen molar-refractivity contribution in [1.29, 1.82) is 0 Å². The predicted octanol–water partition coefficient (Wildman–Crippen LogP) is 2.79. The van der Waals surface area contributed by atoms with Crippen LogP contribution in [0.2, 0.25) is 0 Å². The molecular formula is C17H23NO3. The van der Waals surface area contributed by atoms with E-state index < -0.39 is 16.9 Å². The third-order valence-corrected chi connectivity index (χ3v) is 4.78. The SMILES string of the molecule is CCC(C)(NC(=O)C1(c2cccc(C)c2)CCC1)C(=O)O. The van der Waals surface area contributed by atoms with Gasteiger partial charge in [0.05, 0.1) is 5.41 Å². The zero-order valence-corrected chi connectivity index (χ0v) is 12.9. The Balaban J connectivity index is 2.29. The van der Waals surface area contributed by atoms with Crippen molar-refractivity contribution >= 4 is 11.9 Å². The molecule has 1 aromatic rings. The highest BCUT2D eigenvalue weighted by Gasteiger charge is 2.48. The van der Waals surface area contributed by atoms with Crippen molar-refractivity contribution in [2.45, 2.75) is 57.4 Å². The first-order valence-electron chi connectivity index (χ1n) is 7.47. The van der Waals surface area contributed by atoms with E-state index in [1.807, 2.05) is 31.2 Å². The monoisotopic (exact) mass is 289 g/mol. The molecule has 1 aliphatic rings. The molecule has 0 bridgehead atoms. The van der Waals surface area contributed by atoms with Crippen LogP contribution in [0.4, 0.5) is 0 Å². The number of carbonyl (C=O) groups is 2. The minimum absolute atomic E-state index is 0.161. The molecule has 1 saturated carbocycles.